The van der Waals surface area contributed by atoms with Crippen LogP contribution in [0.25, 0.3) is 44.8 Å². The van der Waals surface area contributed by atoms with Gasteiger partial charge < -0.3 is 9.67 Å². The van der Waals surface area contributed by atoms with Gasteiger partial charge in [0.15, 0.2) is 0 Å². The number of pyridine rings is 1. The molecule has 5 rings (SSSR count). The zero-order chi connectivity index (χ0) is 24.0. The number of aromatic nitrogens is 3. The molecule has 0 saturated heterocycles. The monoisotopic (exact) mass is 463 g/mol. The number of para-hydroxylation sites is 2. The number of aryl methyl sites for hydroxylation is 2. The van der Waals surface area contributed by atoms with E-state index in [0.717, 1.165) is 50.4 Å². The van der Waals surface area contributed by atoms with Crippen LogP contribution in [-0.4, -0.2) is 27.7 Å². The molecule has 0 amide bonds. The number of hydrogen-bond donors (Lipinski definition) is 1. The van der Waals surface area contributed by atoms with E-state index in [2.05, 4.69) is 74.2 Å². The van der Waals surface area contributed by atoms with Crippen LogP contribution < -0.4 is 5.19 Å². The molecule has 0 aliphatic rings. The second-order valence-electron chi connectivity index (χ2n) is 9.90. The van der Waals surface area contributed by atoms with Gasteiger partial charge in [0.25, 0.3) is 0 Å². The minimum atomic E-state index is -1.38. The van der Waals surface area contributed by atoms with Gasteiger partial charge in [-0.15, -0.1) is 0 Å². The number of imidazole rings is 1. The smallest absolute Gasteiger partial charge is 0.144 e. The minimum absolute atomic E-state index is 0.275. The van der Waals surface area contributed by atoms with Gasteiger partial charge in [0.1, 0.15) is 11.6 Å². The Balaban J connectivity index is 1.61. The van der Waals surface area contributed by atoms with Gasteiger partial charge in [-0.05, 0) is 47.5 Å². The number of hydrogen-bond acceptors (Lipinski definition) is 3. The molecule has 0 spiro atoms. The highest BCUT2D eigenvalue weighted by molar-refractivity contribution is 6.88. The predicted molar refractivity (Wildman–Crippen MR) is 144 cm³/mol. The van der Waals surface area contributed by atoms with E-state index in [-0.39, 0.29) is 5.75 Å². The number of phenolic OH excluding ortho intramolecular Hbond substituents is 1. The lowest BCUT2D eigenvalue weighted by atomic mass is 10.0. The van der Waals surface area contributed by atoms with Gasteiger partial charge >= 0.3 is 0 Å². The zero-order valence-electron chi connectivity index (χ0n) is 20.3. The largest absolute Gasteiger partial charge is 0.507 e. The first-order valence-corrected chi connectivity index (χ1v) is 15.1. The van der Waals surface area contributed by atoms with Crippen LogP contribution in [0.2, 0.25) is 19.6 Å². The number of nitrogens with zero attached hydrogens (tertiary/aromatic N) is 3. The van der Waals surface area contributed by atoms with E-state index < -0.39 is 8.07 Å². The van der Waals surface area contributed by atoms with Crippen molar-refractivity contribution in [2.75, 3.05) is 0 Å². The van der Waals surface area contributed by atoms with Crippen molar-refractivity contribution >= 4 is 24.3 Å². The van der Waals surface area contributed by atoms with Crippen molar-refractivity contribution in [3.05, 3.63) is 84.6 Å². The molecular weight excluding hydrogens is 434 g/mol. The molecule has 0 aliphatic heterocycles. The fourth-order valence-corrected chi connectivity index (χ4v) is 5.42. The summed E-state index contributed by atoms with van der Waals surface area (Å²) in [5.74, 6) is 1.03. The van der Waals surface area contributed by atoms with Crippen molar-refractivity contribution in [3.8, 4) is 39.5 Å². The Hall–Kier alpha value is -3.70. The molecule has 0 radical (unpaired) electrons. The first kappa shape index (κ1) is 22.1. The lowest BCUT2D eigenvalue weighted by Crippen LogP contribution is -2.37. The van der Waals surface area contributed by atoms with Crippen molar-refractivity contribution in [1.82, 2.24) is 14.5 Å². The van der Waals surface area contributed by atoms with Gasteiger partial charge in [-0.3, -0.25) is 4.98 Å². The summed E-state index contributed by atoms with van der Waals surface area (Å²) in [6, 6.07) is 24.9. The van der Waals surface area contributed by atoms with Crippen LogP contribution >= 0.6 is 0 Å². The molecule has 4 nitrogen and oxygen atoms in total. The zero-order valence-corrected chi connectivity index (χ0v) is 21.3. The number of benzene rings is 3. The Labute approximate surface area is 201 Å². The number of aromatic hydroxyl groups is 1. The molecule has 5 heteroatoms. The fraction of sp³-hybridized carbons (Fsp3) is 0.172. The Morgan fingerprint density at radius 3 is 2.26 bits per heavy atom. The van der Waals surface area contributed by atoms with Crippen molar-refractivity contribution < 1.29 is 5.11 Å². The topological polar surface area (TPSA) is 50.9 Å². The van der Waals surface area contributed by atoms with Crippen LogP contribution in [0.15, 0.2) is 79.0 Å². The normalized spacial score (nSPS) is 11.8. The SMILES string of the molecule is Cc1cccc(-c2nc3c(-c4cccc(-c5ccc([Si](C)(C)C)cn5)c4)cccc3n2C)c1O. The van der Waals surface area contributed by atoms with Gasteiger partial charge in [0.05, 0.1) is 30.4 Å². The van der Waals surface area contributed by atoms with Crippen LogP contribution in [0.1, 0.15) is 5.56 Å². The van der Waals surface area contributed by atoms with Crippen LogP contribution in [0.3, 0.4) is 0 Å². The van der Waals surface area contributed by atoms with Crippen LogP contribution in [0.4, 0.5) is 0 Å². The molecule has 0 bridgehead atoms. The number of phenols is 1. The number of rotatable bonds is 4. The standard InChI is InChI=1S/C29H29N3OSi/c1-19-9-6-13-24(28(19)33)29-31-27-23(12-8-14-26(27)32(29)2)20-10-7-11-21(17-20)25-16-15-22(18-30-25)34(3,4)5/h6-18,33H,1-5H3. The molecule has 5 aromatic rings. The third kappa shape index (κ3) is 3.82. The molecule has 0 fully saturated rings. The molecule has 3 aromatic carbocycles. The van der Waals surface area contributed by atoms with E-state index in [0.29, 0.717) is 0 Å². The maximum Gasteiger partial charge on any atom is 0.144 e. The highest BCUT2D eigenvalue weighted by atomic mass is 28.3. The molecule has 170 valence electrons. The van der Waals surface area contributed by atoms with E-state index in [1.165, 1.54) is 5.19 Å². The third-order valence-corrected chi connectivity index (χ3v) is 8.52. The highest BCUT2D eigenvalue weighted by Crippen LogP contribution is 2.36. The van der Waals surface area contributed by atoms with Crippen molar-refractivity contribution in [2.24, 2.45) is 7.05 Å². The van der Waals surface area contributed by atoms with E-state index in [1.807, 2.05) is 42.9 Å². The Morgan fingerprint density at radius 1 is 0.824 bits per heavy atom. The van der Waals surface area contributed by atoms with E-state index in [1.54, 1.807) is 0 Å². The fourth-order valence-electron chi connectivity index (χ4n) is 4.38. The molecule has 0 saturated carbocycles. The van der Waals surface area contributed by atoms with Crippen molar-refractivity contribution in [3.63, 3.8) is 0 Å². The van der Waals surface area contributed by atoms with Crippen LogP contribution in [0.5, 0.6) is 5.75 Å². The second-order valence-corrected chi connectivity index (χ2v) is 15.0. The summed E-state index contributed by atoms with van der Waals surface area (Å²) in [5.41, 5.74) is 7.74. The predicted octanol–water partition coefficient (Wildman–Crippen LogP) is 6.53. The van der Waals surface area contributed by atoms with Crippen molar-refractivity contribution in [2.45, 2.75) is 26.6 Å². The Bertz CT molecular complexity index is 1510. The average Bonchev–Trinajstić information content (AvgIpc) is 3.17. The van der Waals surface area contributed by atoms with Gasteiger partial charge in [0, 0.05) is 24.4 Å². The van der Waals surface area contributed by atoms with Gasteiger partial charge in [-0.25, -0.2) is 4.98 Å². The summed E-state index contributed by atoms with van der Waals surface area (Å²) in [6.07, 6.45) is 2.04. The Morgan fingerprint density at radius 2 is 1.53 bits per heavy atom. The summed E-state index contributed by atoms with van der Waals surface area (Å²) >= 11 is 0. The van der Waals surface area contributed by atoms with Crippen molar-refractivity contribution in [1.29, 1.82) is 0 Å². The maximum atomic E-state index is 10.7. The van der Waals surface area contributed by atoms with E-state index >= 15 is 0 Å². The average molecular weight is 464 g/mol. The Kier molecular flexibility index (Phi) is 5.37. The minimum Gasteiger partial charge on any atom is -0.507 e. The number of fused-ring (bicyclic) bond motifs is 1. The molecule has 2 aromatic heterocycles. The molecule has 0 atom stereocenters. The molecule has 34 heavy (non-hydrogen) atoms. The van der Waals surface area contributed by atoms with E-state index in [9.17, 15) is 5.11 Å². The lowest BCUT2D eigenvalue weighted by Gasteiger charge is -2.16. The van der Waals surface area contributed by atoms with Crippen LogP contribution in [-0.2, 0) is 7.05 Å². The van der Waals surface area contributed by atoms with Crippen LogP contribution in [0, 0.1) is 6.92 Å². The summed E-state index contributed by atoms with van der Waals surface area (Å²) < 4.78 is 2.05. The summed E-state index contributed by atoms with van der Waals surface area (Å²) in [5, 5.41) is 12.0. The third-order valence-electron chi connectivity index (χ3n) is 6.49. The highest BCUT2D eigenvalue weighted by Gasteiger charge is 2.18. The van der Waals surface area contributed by atoms with Gasteiger partial charge in [-0.1, -0.05) is 68.2 Å². The molecule has 0 unspecified atom stereocenters. The quantitative estimate of drug-likeness (QED) is 0.308. The molecule has 2 heterocycles. The molecule has 0 aliphatic carbocycles. The maximum absolute atomic E-state index is 10.7. The molecular formula is C29H29N3OSi. The first-order chi connectivity index (χ1) is 16.2. The first-order valence-electron chi connectivity index (χ1n) is 11.6. The van der Waals surface area contributed by atoms with Gasteiger partial charge in [0.2, 0.25) is 0 Å². The van der Waals surface area contributed by atoms with Gasteiger partial charge in [-0.2, -0.15) is 0 Å². The summed E-state index contributed by atoms with van der Waals surface area (Å²) in [4.78, 5) is 9.77. The second kappa shape index (κ2) is 8.26. The van der Waals surface area contributed by atoms with E-state index in [4.69, 9.17) is 9.97 Å². The summed E-state index contributed by atoms with van der Waals surface area (Å²) in [6.45, 7) is 8.91. The molecule has 1 N–H and O–H groups in total. The summed E-state index contributed by atoms with van der Waals surface area (Å²) in [7, 11) is 0.616. The lowest BCUT2D eigenvalue weighted by molar-refractivity contribution is 0.472.